The molecule has 0 saturated carbocycles. The molecule has 20 heavy (non-hydrogen) atoms. The summed E-state index contributed by atoms with van der Waals surface area (Å²) >= 11 is 0. The molecule has 3 N–H and O–H groups in total. The van der Waals surface area contributed by atoms with E-state index in [4.69, 9.17) is 0 Å². The Morgan fingerprint density at radius 2 is 2.05 bits per heavy atom. The van der Waals surface area contributed by atoms with Gasteiger partial charge in [-0.1, -0.05) is 6.07 Å². The number of hydrogen-bond donors (Lipinski definition) is 3. The second kappa shape index (κ2) is 7.27. The minimum atomic E-state index is -2.92. The molecule has 0 saturated heterocycles. The predicted octanol–water partition coefficient (Wildman–Crippen LogP) is 1.46. The maximum absolute atomic E-state index is 12.2. The summed E-state index contributed by atoms with van der Waals surface area (Å²) in [5, 5.41) is 7.04. The molecule has 6 nitrogen and oxygen atoms in total. The maximum atomic E-state index is 12.2. The Labute approximate surface area is 114 Å². The first-order valence-electron chi connectivity index (χ1n) is 5.74. The van der Waals surface area contributed by atoms with Crippen LogP contribution in [0.15, 0.2) is 18.2 Å². The summed E-state index contributed by atoms with van der Waals surface area (Å²) in [4.78, 5) is 22.3. The van der Waals surface area contributed by atoms with Gasteiger partial charge in [0.15, 0.2) is 0 Å². The topological polar surface area (TPSA) is 79.5 Å². The third-order valence-electron chi connectivity index (χ3n) is 2.42. The zero-order valence-corrected chi connectivity index (χ0v) is 11.0. The summed E-state index contributed by atoms with van der Waals surface area (Å²) in [6.45, 7) is -1.51. The lowest BCUT2D eigenvalue weighted by atomic mass is 10.2. The Hall–Kier alpha value is -2.38. The van der Waals surface area contributed by atoms with Crippen LogP contribution < -0.4 is 20.7 Å². The second-order valence-corrected chi connectivity index (χ2v) is 3.79. The van der Waals surface area contributed by atoms with Crippen molar-refractivity contribution < 1.29 is 23.1 Å². The molecule has 8 heteroatoms. The molecule has 1 aromatic carbocycles. The molecule has 110 valence electrons. The van der Waals surface area contributed by atoms with Crippen molar-refractivity contribution in [3.8, 4) is 5.75 Å². The standard InChI is InChI=1S/C12H15F2N3O3/c1-7-8(4-3-5-9(7)20-11(13)14)16-6-10(18)17-12(19)15-2/h3-5,11,16H,6H2,1-2H3,(H2,15,17,18,19). The van der Waals surface area contributed by atoms with Gasteiger partial charge in [0.2, 0.25) is 5.91 Å². The van der Waals surface area contributed by atoms with Crippen molar-refractivity contribution in [2.24, 2.45) is 0 Å². The lowest BCUT2D eigenvalue weighted by Gasteiger charge is -2.13. The number of nitrogens with one attached hydrogen (secondary N) is 3. The van der Waals surface area contributed by atoms with E-state index in [0.717, 1.165) is 0 Å². The van der Waals surface area contributed by atoms with Crippen LogP contribution in [-0.2, 0) is 4.79 Å². The summed E-state index contributed by atoms with van der Waals surface area (Å²) in [6.07, 6.45) is 0. The van der Waals surface area contributed by atoms with Crippen molar-refractivity contribution in [2.75, 3.05) is 18.9 Å². The fourth-order valence-corrected chi connectivity index (χ4v) is 1.44. The monoisotopic (exact) mass is 287 g/mol. The summed E-state index contributed by atoms with van der Waals surface area (Å²) in [6, 6.07) is 3.91. The maximum Gasteiger partial charge on any atom is 0.387 e. The Bertz CT molecular complexity index is 495. The van der Waals surface area contributed by atoms with Gasteiger partial charge in [-0.25, -0.2) is 4.79 Å². The SMILES string of the molecule is CNC(=O)NC(=O)CNc1cccc(OC(F)F)c1C. The predicted molar refractivity (Wildman–Crippen MR) is 68.9 cm³/mol. The molecule has 0 aliphatic carbocycles. The van der Waals surface area contributed by atoms with E-state index >= 15 is 0 Å². The lowest BCUT2D eigenvalue weighted by Crippen LogP contribution is -2.40. The number of ether oxygens (including phenoxy) is 1. The molecule has 0 atom stereocenters. The van der Waals surface area contributed by atoms with Gasteiger partial charge in [-0.15, -0.1) is 0 Å². The van der Waals surface area contributed by atoms with Crippen LogP contribution in [0.5, 0.6) is 5.75 Å². The van der Waals surface area contributed by atoms with Crippen LogP contribution >= 0.6 is 0 Å². The Morgan fingerprint density at radius 3 is 2.65 bits per heavy atom. The molecule has 1 aromatic rings. The first kappa shape index (κ1) is 15.7. The number of benzene rings is 1. The molecule has 0 aromatic heterocycles. The van der Waals surface area contributed by atoms with Gasteiger partial charge in [-0.05, 0) is 19.1 Å². The van der Waals surface area contributed by atoms with Crippen LogP contribution in [0.1, 0.15) is 5.56 Å². The molecule has 0 radical (unpaired) electrons. The molecule has 3 amide bonds. The number of hydrogen-bond acceptors (Lipinski definition) is 4. The molecule has 0 bridgehead atoms. The van der Waals surface area contributed by atoms with E-state index in [1.54, 1.807) is 13.0 Å². The molecule has 0 unspecified atom stereocenters. The third-order valence-corrected chi connectivity index (χ3v) is 2.42. The molecule has 1 rings (SSSR count). The zero-order chi connectivity index (χ0) is 15.1. The number of urea groups is 1. The van der Waals surface area contributed by atoms with Gasteiger partial charge in [-0.2, -0.15) is 8.78 Å². The van der Waals surface area contributed by atoms with Crippen molar-refractivity contribution >= 4 is 17.6 Å². The average molecular weight is 287 g/mol. The summed E-state index contributed by atoms with van der Waals surface area (Å²) in [5.41, 5.74) is 0.913. The van der Waals surface area contributed by atoms with Gasteiger partial charge in [0.05, 0.1) is 6.54 Å². The Morgan fingerprint density at radius 1 is 1.35 bits per heavy atom. The Kier molecular flexibility index (Phi) is 5.70. The van der Waals surface area contributed by atoms with Crippen LogP contribution in [0, 0.1) is 6.92 Å². The van der Waals surface area contributed by atoms with Crippen LogP contribution in [0.2, 0.25) is 0 Å². The number of carbonyl (C=O) groups excluding carboxylic acids is 2. The smallest absolute Gasteiger partial charge is 0.387 e. The molecule has 0 heterocycles. The van der Waals surface area contributed by atoms with Crippen LogP contribution in [0.3, 0.4) is 0 Å². The van der Waals surface area contributed by atoms with E-state index in [-0.39, 0.29) is 12.3 Å². The highest BCUT2D eigenvalue weighted by molar-refractivity contribution is 5.96. The largest absolute Gasteiger partial charge is 0.434 e. The normalized spacial score (nSPS) is 10.1. The number of anilines is 1. The number of alkyl halides is 2. The molecule has 0 fully saturated rings. The molecule has 0 aliphatic rings. The van der Waals surface area contributed by atoms with E-state index in [1.807, 2.05) is 0 Å². The number of carbonyl (C=O) groups is 2. The number of halogens is 2. The zero-order valence-electron chi connectivity index (χ0n) is 11.0. The van der Waals surface area contributed by atoms with Gasteiger partial charge >= 0.3 is 12.6 Å². The van der Waals surface area contributed by atoms with Gasteiger partial charge in [-0.3, -0.25) is 10.1 Å². The van der Waals surface area contributed by atoms with E-state index in [1.165, 1.54) is 19.2 Å². The molecular formula is C12H15F2N3O3. The van der Waals surface area contributed by atoms with Crippen LogP contribution in [0.4, 0.5) is 19.3 Å². The van der Waals surface area contributed by atoms with Gasteiger partial charge in [0.1, 0.15) is 5.75 Å². The summed E-state index contributed by atoms with van der Waals surface area (Å²) in [5.74, 6) is -0.527. The minimum absolute atomic E-state index is 0.0247. The first-order chi connectivity index (χ1) is 9.43. The van der Waals surface area contributed by atoms with E-state index < -0.39 is 18.5 Å². The van der Waals surface area contributed by atoms with Gasteiger partial charge < -0.3 is 15.4 Å². The third kappa shape index (κ3) is 4.71. The van der Waals surface area contributed by atoms with Crippen molar-refractivity contribution in [3.63, 3.8) is 0 Å². The van der Waals surface area contributed by atoms with E-state index in [2.05, 4.69) is 20.7 Å². The molecule has 0 aliphatic heterocycles. The lowest BCUT2D eigenvalue weighted by molar-refractivity contribution is -0.118. The minimum Gasteiger partial charge on any atom is -0.434 e. The van der Waals surface area contributed by atoms with Gasteiger partial charge in [0.25, 0.3) is 0 Å². The first-order valence-corrected chi connectivity index (χ1v) is 5.74. The van der Waals surface area contributed by atoms with E-state index in [0.29, 0.717) is 11.3 Å². The van der Waals surface area contributed by atoms with Crippen LogP contribution in [0.25, 0.3) is 0 Å². The number of amides is 3. The Balaban J connectivity index is 2.64. The highest BCUT2D eigenvalue weighted by atomic mass is 19.3. The number of rotatable bonds is 5. The van der Waals surface area contributed by atoms with Crippen molar-refractivity contribution in [3.05, 3.63) is 23.8 Å². The fraction of sp³-hybridized carbons (Fsp3) is 0.333. The second-order valence-electron chi connectivity index (χ2n) is 3.79. The van der Waals surface area contributed by atoms with Crippen LogP contribution in [-0.4, -0.2) is 32.1 Å². The quantitative estimate of drug-likeness (QED) is 0.766. The highest BCUT2D eigenvalue weighted by Crippen LogP contribution is 2.26. The highest BCUT2D eigenvalue weighted by Gasteiger charge is 2.11. The van der Waals surface area contributed by atoms with E-state index in [9.17, 15) is 18.4 Å². The fourth-order valence-electron chi connectivity index (χ4n) is 1.44. The van der Waals surface area contributed by atoms with Crippen molar-refractivity contribution in [1.29, 1.82) is 0 Å². The summed E-state index contributed by atoms with van der Waals surface area (Å²) in [7, 11) is 1.38. The molecule has 0 spiro atoms. The van der Waals surface area contributed by atoms with Gasteiger partial charge in [0, 0.05) is 18.3 Å². The van der Waals surface area contributed by atoms with Crippen molar-refractivity contribution in [1.82, 2.24) is 10.6 Å². The molecular weight excluding hydrogens is 272 g/mol. The number of imide groups is 1. The average Bonchev–Trinajstić information content (AvgIpc) is 2.39. The van der Waals surface area contributed by atoms with Crippen molar-refractivity contribution in [2.45, 2.75) is 13.5 Å². The summed E-state index contributed by atoms with van der Waals surface area (Å²) < 4.78 is 28.7.